The first kappa shape index (κ1) is 13.8. The Morgan fingerprint density at radius 2 is 2.37 bits per heavy atom. The van der Waals surface area contributed by atoms with E-state index in [4.69, 9.17) is 17.3 Å². The minimum absolute atomic E-state index is 0.000616. The number of anilines is 1. The lowest BCUT2D eigenvalue weighted by Crippen LogP contribution is -2.27. The van der Waals surface area contributed by atoms with Crippen molar-refractivity contribution in [1.29, 1.82) is 0 Å². The van der Waals surface area contributed by atoms with Gasteiger partial charge in [0.25, 0.3) is 5.91 Å². The Bertz CT molecular complexity index is 551. The van der Waals surface area contributed by atoms with E-state index in [2.05, 4.69) is 10.3 Å². The van der Waals surface area contributed by atoms with Gasteiger partial charge in [-0.1, -0.05) is 24.6 Å². The number of pyridine rings is 1. The normalized spacial score (nSPS) is 12.1. The number of hydrogen-bond donors (Lipinski definition) is 2. The van der Waals surface area contributed by atoms with Crippen molar-refractivity contribution >= 4 is 34.7 Å². The van der Waals surface area contributed by atoms with Crippen LogP contribution in [0.2, 0.25) is 5.15 Å². The molecule has 2 aromatic rings. The molecular formula is C13H14ClN3OS. The SMILES string of the molecule is CCC(NC(=O)c1cc(N)nc(Cl)c1)c1cccs1. The van der Waals surface area contributed by atoms with Crippen molar-refractivity contribution in [1.82, 2.24) is 10.3 Å². The number of nitrogen functional groups attached to an aromatic ring is 1. The van der Waals surface area contributed by atoms with Crippen LogP contribution in [-0.2, 0) is 0 Å². The van der Waals surface area contributed by atoms with E-state index in [-0.39, 0.29) is 22.9 Å². The van der Waals surface area contributed by atoms with E-state index in [1.807, 2.05) is 24.4 Å². The van der Waals surface area contributed by atoms with E-state index in [0.29, 0.717) is 5.56 Å². The molecular weight excluding hydrogens is 282 g/mol. The van der Waals surface area contributed by atoms with Crippen molar-refractivity contribution in [2.45, 2.75) is 19.4 Å². The molecule has 0 aliphatic carbocycles. The maximum absolute atomic E-state index is 12.2. The van der Waals surface area contributed by atoms with Gasteiger partial charge in [0, 0.05) is 10.4 Å². The summed E-state index contributed by atoms with van der Waals surface area (Å²) in [7, 11) is 0. The van der Waals surface area contributed by atoms with Gasteiger partial charge < -0.3 is 11.1 Å². The van der Waals surface area contributed by atoms with Crippen molar-refractivity contribution in [3.63, 3.8) is 0 Å². The Balaban J connectivity index is 2.15. The van der Waals surface area contributed by atoms with Crippen LogP contribution in [0.25, 0.3) is 0 Å². The van der Waals surface area contributed by atoms with Gasteiger partial charge in [-0.15, -0.1) is 11.3 Å². The number of nitrogens with two attached hydrogens (primary N) is 1. The maximum atomic E-state index is 12.2. The third kappa shape index (κ3) is 3.45. The predicted octanol–water partition coefficient (Wildman–Crippen LogP) is 3.26. The predicted molar refractivity (Wildman–Crippen MR) is 78.5 cm³/mol. The summed E-state index contributed by atoms with van der Waals surface area (Å²) in [4.78, 5) is 17.1. The fourth-order valence-electron chi connectivity index (χ4n) is 1.75. The second kappa shape index (κ2) is 6.04. The number of amides is 1. The van der Waals surface area contributed by atoms with Gasteiger partial charge in [-0.25, -0.2) is 4.98 Å². The zero-order valence-electron chi connectivity index (χ0n) is 10.4. The summed E-state index contributed by atoms with van der Waals surface area (Å²) in [6.07, 6.45) is 0.820. The van der Waals surface area contributed by atoms with Crippen LogP contribution >= 0.6 is 22.9 Å². The summed E-state index contributed by atoms with van der Waals surface area (Å²) < 4.78 is 0. The molecule has 2 rings (SSSR count). The Labute approximate surface area is 120 Å². The molecule has 4 nitrogen and oxygen atoms in total. The highest BCUT2D eigenvalue weighted by atomic mass is 35.5. The fraction of sp³-hybridized carbons (Fsp3) is 0.231. The molecule has 6 heteroatoms. The van der Waals surface area contributed by atoms with E-state index in [1.165, 1.54) is 12.1 Å². The third-order valence-corrected chi connectivity index (χ3v) is 3.86. The molecule has 19 heavy (non-hydrogen) atoms. The highest BCUT2D eigenvalue weighted by molar-refractivity contribution is 7.10. The van der Waals surface area contributed by atoms with E-state index in [9.17, 15) is 4.79 Å². The monoisotopic (exact) mass is 295 g/mol. The summed E-state index contributed by atoms with van der Waals surface area (Å²) in [5.41, 5.74) is 6.01. The summed E-state index contributed by atoms with van der Waals surface area (Å²) in [5.74, 6) is 0.0399. The Kier molecular flexibility index (Phi) is 4.39. The van der Waals surface area contributed by atoms with Gasteiger partial charge in [0.1, 0.15) is 11.0 Å². The Morgan fingerprint density at radius 3 is 2.95 bits per heavy atom. The van der Waals surface area contributed by atoms with Crippen LogP contribution < -0.4 is 11.1 Å². The summed E-state index contributed by atoms with van der Waals surface area (Å²) in [6.45, 7) is 2.03. The lowest BCUT2D eigenvalue weighted by molar-refractivity contribution is 0.0936. The molecule has 0 saturated heterocycles. The van der Waals surface area contributed by atoms with Gasteiger partial charge >= 0.3 is 0 Å². The number of carbonyl (C=O) groups is 1. The molecule has 0 saturated carbocycles. The van der Waals surface area contributed by atoms with E-state index in [1.54, 1.807) is 11.3 Å². The van der Waals surface area contributed by atoms with Crippen LogP contribution in [0.5, 0.6) is 0 Å². The summed E-state index contributed by atoms with van der Waals surface area (Å²) in [6, 6.07) is 7.00. The Hall–Kier alpha value is -1.59. The number of thiophene rings is 1. The highest BCUT2D eigenvalue weighted by Gasteiger charge is 2.15. The van der Waals surface area contributed by atoms with Crippen molar-refractivity contribution < 1.29 is 4.79 Å². The molecule has 1 unspecified atom stereocenters. The zero-order valence-corrected chi connectivity index (χ0v) is 12.0. The van der Waals surface area contributed by atoms with Crippen LogP contribution in [-0.4, -0.2) is 10.9 Å². The third-order valence-electron chi connectivity index (χ3n) is 2.68. The lowest BCUT2D eigenvalue weighted by Gasteiger charge is -2.15. The second-order valence-electron chi connectivity index (χ2n) is 4.05. The van der Waals surface area contributed by atoms with Crippen LogP contribution in [0, 0.1) is 0 Å². The minimum Gasteiger partial charge on any atom is -0.384 e. The number of aromatic nitrogens is 1. The van der Waals surface area contributed by atoms with Crippen LogP contribution in [0.3, 0.4) is 0 Å². The number of halogens is 1. The molecule has 0 aromatic carbocycles. The standard InChI is InChI=1S/C13H14ClN3OS/c1-2-9(10-4-3-5-19-10)16-13(18)8-6-11(14)17-12(15)7-8/h3-7,9H,2H2,1H3,(H2,15,17)(H,16,18). The van der Waals surface area contributed by atoms with E-state index >= 15 is 0 Å². The van der Waals surface area contributed by atoms with Gasteiger partial charge in [-0.3, -0.25) is 4.79 Å². The minimum atomic E-state index is -0.198. The van der Waals surface area contributed by atoms with Crippen LogP contribution in [0.1, 0.15) is 34.6 Å². The summed E-state index contributed by atoms with van der Waals surface area (Å²) in [5, 5.41) is 5.18. The van der Waals surface area contributed by atoms with Crippen LogP contribution in [0.4, 0.5) is 5.82 Å². The van der Waals surface area contributed by atoms with Crippen LogP contribution in [0.15, 0.2) is 29.6 Å². The largest absolute Gasteiger partial charge is 0.384 e. The fourth-order valence-corrected chi connectivity index (χ4v) is 2.83. The molecule has 2 heterocycles. The van der Waals surface area contributed by atoms with E-state index < -0.39 is 0 Å². The molecule has 3 N–H and O–H groups in total. The topological polar surface area (TPSA) is 68.0 Å². The molecule has 0 fully saturated rings. The lowest BCUT2D eigenvalue weighted by atomic mass is 10.1. The number of rotatable bonds is 4. The molecule has 2 aromatic heterocycles. The molecule has 100 valence electrons. The van der Waals surface area contributed by atoms with Gasteiger partial charge in [0.15, 0.2) is 0 Å². The molecule has 0 aliphatic rings. The van der Waals surface area contributed by atoms with Gasteiger partial charge in [0.05, 0.1) is 6.04 Å². The van der Waals surface area contributed by atoms with Crippen molar-refractivity contribution in [2.75, 3.05) is 5.73 Å². The highest BCUT2D eigenvalue weighted by Crippen LogP contribution is 2.22. The first-order valence-electron chi connectivity index (χ1n) is 5.87. The first-order valence-corrected chi connectivity index (χ1v) is 7.13. The van der Waals surface area contributed by atoms with Crippen molar-refractivity contribution in [3.8, 4) is 0 Å². The second-order valence-corrected chi connectivity index (χ2v) is 5.42. The average Bonchev–Trinajstić information content (AvgIpc) is 2.88. The van der Waals surface area contributed by atoms with E-state index in [0.717, 1.165) is 11.3 Å². The maximum Gasteiger partial charge on any atom is 0.252 e. The molecule has 0 radical (unpaired) electrons. The van der Waals surface area contributed by atoms with Crippen molar-refractivity contribution in [3.05, 3.63) is 45.2 Å². The quantitative estimate of drug-likeness (QED) is 0.851. The molecule has 0 aliphatic heterocycles. The first-order chi connectivity index (χ1) is 9.10. The molecule has 0 bridgehead atoms. The molecule has 0 spiro atoms. The Morgan fingerprint density at radius 1 is 1.58 bits per heavy atom. The molecule has 1 amide bonds. The number of hydrogen-bond acceptors (Lipinski definition) is 4. The van der Waals surface area contributed by atoms with Gasteiger partial charge in [-0.05, 0) is 30.0 Å². The van der Waals surface area contributed by atoms with Gasteiger partial charge in [0.2, 0.25) is 0 Å². The summed E-state index contributed by atoms with van der Waals surface area (Å²) >= 11 is 7.42. The van der Waals surface area contributed by atoms with Crippen molar-refractivity contribution in [2.24, 2.45) is 0 Å². The molecule has 1 atom stereocenters. The smallest absolute Gasteiger partial charge is 0.252 e. The zero-order chi connectivity index (χ0) is 13.8. The number of nitrogens with zero attached hydrogens (tertiary/aromatic N) is 1. The van der Waals surface area contributed by atoms with Gasteiger partial charge in [-0.2, -0.15) is 0 Å². The number of carbonyl (C=O) groups excluding carboxylic acids is 1. The number of nitrogens with one attached hydrogen (secondary N) is 1. The average molecular weight is 296 g/mol.